The van der Waals surface area contributed by atoms with Gasteiger partial charge >= 0.3 is 0 Å². The first kappa shape index (κ1) is 10.9. The average Bonchev–Trinajstić information content (AvgIpc) is 2.64. The van der Waals surface area contributed by atoms with Crippen LogP contribution in [0, 0.1) is 0 Å². The summed E-state index contributed by atoms with van der Waals surface area (Å²) in [6.45, 7) is 0. The fourth-order valence-electron chi connectivity index (χ4n) is 1.49. The van der Waals surface area contributed by atoms with Gasteiger partial charge < -0.3 is 0 Å². The topological polar surface area (TPSA) is 34.9 Å². The summed E-state index contributed by atoms with van der Waals surface area (Å²) < 4.78 is 1.68. The standard InChI is InChI=1S/C12H11ClN2O/c1-15-6-5-11(14-15)8-12(16)9-3-2-4-10(13)7-9/h2-7H,8H2,1H3. The monoisotopic (exact) mass is 234 g/mol. The molecule has 4 heteroatoms. The second-order valence-corrected chi connectivity index (χ2v) is 4.03. The summed E-state index contributed by atoms with van der Waals surface area (Å²) in [5.41, 5.74) is 1.39. The quantitative estimate of drug-likeness (QED) is 0.765. The lowest BCUT2D eigenvalue weighted by atomic mass is 10.1. The molecule has 1 heterocycles. The Labute approximate surface area is 98.7 Å². The first-order valence-corrected chi connectivity index (χ1v) is 5.30. The second kappa shape index (κ2) is 4.49. The molecule has 0 aliphatic heterocycles. The van der Waals surface area contributed by atoms with Crippen molar-refractivity contribution < 1.29 is 4.79 Å². The number of hydrogen-bond acceptors (Lipinski definition) is 2. The molecule has 82 valence electrons. The van der Waals surface area contributed by atoms with Crippen LogP contribution in [0.3, 0.4) is 0 Å². The van der Waals surface area contributed by atoms with Crippen LogP contribution >= 0.6 is 11.6 Å². The summed E-state index contributed by atoms with van der Waals surface area (Å²) in [5, 5.41) is 4.74. The van der Waals surface area contributed by atoms with E-state index in [0.29, 0.717) is 17.0 Å². The van der Waals surface area contributed by atoms with Crippen molar-refractivity contribution in [3.05, 3.63) is 52.8 Å². The third-order valence-electron chi connectivity index (χ3n) is 2.26. The van der Waals surface area contributed by atoms with E-state index < -0.39 is 0 Å². The van der Waals surface area contributed by atoms with E-state index in [1.54, 1.807) is 28.9 Å². The number of nitrogens with zero attached hydrogens (tertiary/aromatic N) is 2. The minimum atomic E-state index is 0.0289. The zero-order valence-electron chi connectivity index (χ0n) is 8.85. The molecule has 1 aromatic heterocycles. The van der Waals surface area contributed by atoms with Gasteiger partial charge in [-0.2, -0.15) is 5.10 Å². The molecule has 2 aromatic rings. The summed E-state index contributed by atoms with van der Waals surface area (Å²) in [6.07, 6.45) is 2.13. The van der Waals surface area contributed by atoms with Gasteiger partial charge in [-0.25, -0.2) is 0 Å². The molecule has 1 aromatic carbocycles. The highest BCUT2D eigenvalue weighted by molar-refractivity contribution is 6.31. The number of rotatable bonds is 3. The van der Waals surface area contributed by atoms with Gasteiger partial charge in [-0.05, 0) is 18.2 Å². The molecule has 0 radical (unpaired) electrons. The predicted octanol–water partition coefficient (Wildman–Crippen LogP) is 2.50. The maximum Gasteiger partial charge on any atom is 0.168 e. The molecule has 0 atom stereocenters. The van der Waals surface area contributed by atoms with E-state index in [-0.39, 0.29) is 5.78 Å². The van der Waals surface area contributed by atoms with Gasteiger partial charge in [0, 0.05) is 23.8 Å². The molecular weight excluding hydrogens is 224 g/mol. The van der Waals surface area contributed by atoms with E-state index in [1.165, 1.54) is 0 Å². The molecule has 0 amide bonds. The fourth-order valence-corrected chi connectivity index (χ4v) is 1.68. The maximum atomic E-state index is 11.9. The van der Waals surface area contributed by atoms with Crippen LogP contribution in [0.1, 0.15) is 16.1 Å². The molecular formula is C12H11ClN2O. The van der Waals surface area contributed by atoms with Crippen molar-refractivity contribution in [1.82, 2.24) is 9.78 Å². The van der Waals surface area contributed by atoms with Crippen LogP contribution in [0.4, 0.5) is 0 Å². The van der Waals surface area contributed by atoms with E-state index in [9.17, 15) is 4.79 Å². The first-order chi connectivity index (χ1) is 7.65. The summed E-state index contributed by atoms with van der Waals surface area (Å²) >= 11 is 5.82. The highest BCUT2D eigenvalue weighted by atomic mass is 35.5. The molecule has 0 unspecified atom stereocenters. The Morgan fingerprint density at radius 2 is 2.25 bits per heavy atom. The van der Waals surface area contributed by atoms with Crippen LogP contribution in [0.2, 0.25) is 5.02 Å². The van der Waals surface area contributed by atoms with Gasteiger partial charge in [-0.3, -0.25) is 9.48 Å². The van der Waals surface area contributed by atoms with Gasteiger partial charge in [0.25, 0.3) is 0 Å². The third-order valence-corrected chi connectivity index (χ3v) is 2.49. The first-order valence-electron chi connectivity index (χ1n) is 4.92. The van der Waals surface area contributed by atoms with E-state index in [1.807, 2.05) is 19.3 Å². The maximum absolute atomic E-state index is 11.9. The number of aryl methyl sites for hydroxylation is 1. The van der Waals surface area contributed by atoms with Gasteiger partial charge in [0.2, 0.25) is 0 Å². The number of carbonyl (C=O) groups excluding carboxylic acids is 1. The summed E-state index contributed by atoms with van der Waals surface area (Å²) in [5.74, 6) is 0.0289. The number of ketones is 1. The minimum absolute atomic E-state index is 0.0289. The number of carbonyl (C=O) groups is 1. The van der Waals surface area contributed by atoms with Gasteiger partial charge in [-0.1, -0.05) is 23.7 Å². The van der Waals surface area contributed by atoms with E-state index in [2.05, 4.69) is 5.10 Å². The third kappa shape index (κ3) is 2.49. The summed E-state index contributed by atoms with van der Waals surface area (Å²) in [4.78, 5) is 11.9. The van der Waals surface area contributed by atoms with Crippen molar-refractivity contribution in [3.63, 3.8) is 0 Å². The van der Waals surface area contributed by atoms with Gasteiger partial charge in [-0.15, -0.1) is 0 Å². The highest BCUT2D eigenvalue weighted by Crippen LogP contribution is 2.12. The smallest absolute Gasteiger partial charge is 0.168 e. The Balaban J connectivity index is 2.14. The van der Waals surface area contributed by atoms with E-state index >= 15 is 0 Å². The van der Waals surface area contributed by atoms with Crippen LogP contribution in [-0.2, 0) is 13.5 Å². The normalized spacial score (nSPS) is 10.4. The molecule has 3 nitrogen and oxygen atoms in total. The lowest BCUT2D eigenvalue weighted by Gasteiger charge is -1.99. The molecule has 0 saturated carbocycles. The molecule has 0 spiro atoms. The van der Waals surface area contributed by atoms with Crippen molar-refractivity contribution in [2.75, 3.05) is 0 Å². The van der Waals surface area contributed by atoms with Crippen molar-refractivity contribution in [2.45, 2.75) is 6.42 Å². The number of halogens is 1. The highest BCUT2D eigenvalue weighted by Gasteiger charge is 2.08. The van der Waals surface area contributed by atoms with Crippen molar-refractivity contribution in [2.24, 2.45) is 7.05 Å². The lowest BCUT2D eigenvalue weighted by Crippen LogP contribution is -2.04. The van der Waals surface area contributed by atoms with E-state index in [0.717, 1.165) is 5.69 Å². The Kier molecular flexibility index (Phi) is 3.06. The number of aromatic nitrogens is 2. The predicted molar refractivity (Wildman–Crippen MR) is 62.7 cm³/mol. The van der Waals surface area contributed by atoms with Crippen molar-refractivity contribution in [3.8, 4) is 0 Å². The molecule has 2 rings (SSSR count). The largest absolute Gasteiger partial charge is 0.294 e. The molecule has 0 bridgehead atoms. The van der Waals surface area contributed by atoms with Crippen molar-refractivity contribution in [1.29, 1.82) is 0 Å². The van der Waals surface area contributed by atoms with Gasteiger partial charge in [0.05, 0.1) is 12.1 Å². The molecule has 16 heavy (non-hydrogen) atoms. The molecule has 0 aliphatic rings. The van der Waals surface area contributed by atoms with Crippen LogP contribution in [-0.4, -0.2) is 15.6 Å². The Bertz CT molecular complexity index is 519. The van der Waals surface area contributed by atoms with Crippen LogP contribution < -0.4 is 0 Å². The van der Waals surface area contributed by atoms with Crippen LogP contribution in [0.15, 0.2) is 36.5 Å². The molecule has 0 fully saturated rings. The van der Waals surface area contributed by atoms with Gasteiger partial charge in [0.15, 0.2) is 5.78 Å². The van der Waals surface area contributed by atoms with Gasteiger partial charge in [0.1, 0.15) is 0 Å². The molecule has 0 N–H and O–H groups in total. The minimum Gasteiger partial charge on any atom is -0.294 e. The van der Waals surface area contributed by atoms with Crippen LogP contribution in [0.25, 0.3) is 0 Å². The Morgan fingerprint density at radius 1 is 1.44 bits per heavy atom. The lowest BCUT2D eigenvalue weighted by molar-refractivity contribution is 0.0992. The number of Topliss-reactive ketones (excluding diaryl/α,β-unsaturated/α-hetero) is 1. The summed E-state index contributed by atoms with van der Waals surface area (Å²) in [7, 11) is 1.83. The Morgan fingerprint density at radius 3 is 2.88 bits per heavy atom. The second-order valence-electron chi connectivity index (χ2n) is 3.59. The van der Waals surface area contributed by atoms with Crippen LogP contribution in [0.5, 0.6) is 0 Å². The van der Waals surface area contributed by atoms with E-state index in [4.69, 9.17) is 11.6 Å². The average molecular weight is 235 g/mol. The zero-order chi connectivity index (χ0) is 11.5. The summed E-state index contributed by atoms with van der Waals surface area (Å²) in [6, 6.07) is 8.79. The zero-order valence-corrected chi connectivity index (χ0v) is 9.61. The number of hydrogen-bond donors (Lipinski definition) is 0. The molecule has 0 saturated heterocycles. The Hall–Kier alpha value is -1.61. The SMILES string of the molecule is Cn1ccc(CC(=O)c2cccc(Cl)c2)n1. The number of benzene rings is 1. The molecule has 0 aliphatic carbocycles. The fraction of sp³-hybridized carbons (Fsp3) is 0.167. The van der Waals surface area contributed by atoms with Crippen molar-refractivity contribution >= 4 is 17.4 Å².